The monoisotopic (exact) mass is 432 g/mol. The quantitative estimate of drug-likeness (QED) is 0.596. The number of hydrogen-bond acceptors (Lipinski definition) is 6. The van der Waals surface area contributed by atoms with Gasteiger partial charge in [0.1, 0.15) is 0 Å². The number of hydrogen-bond donors (Lipinski definition) is 2. The van der Waals surface area contributed by atoms with Crippen LogP contribution < -0.4 is 15.4 Å². The fraction of sp³-hybridized carbons (Fsp3) is 0.300. The number of amides is 1. The summed E-state index contributed by atoms with van der Waals surface area (Å²) in [5, 5.41) is 8.79. The fourth-order valence-corrected chi connectivity index (χ4v) is 4.53. The van der Waals surface area contributed by atoms with E-state index < -0.39 is 10.0 Å². The molecule has 1 amide bonds. The molecule has 29 heavy (non-hydrogen) atoms. The second-order valence-electron chi connectivity index (χ2n) is 7.02. The van der Waals surface area contributed by atoms with Gasteiger partial charge in [0.15, 0.2) is 5.13 Å². The summed E-state index contributed by atoms with van der Waals surface area (Å²) in [7, 11) is -1.83. The van der Waals surface area contributed by atoms with Crippen LogP contribution in [-0.2, 0) is 21.2 Å². The van der Waals surface area contributed by atoms with Gasteiger partial charge < -0.3 is 10.2 Å². The molecule has 1 aromatic heterocycles. The molecule has 154 valence electrons. The third-order valence-corrected chi connectivity index (χ3v) is 6.86. The van der Waals surface area contributed by atoms with E-state index in [1.807, 2.05) is 18.9 Å². The van der Waals surface area contributed by atoms with Gasteiger partial charge in [-0.25, -0.2) is 18.5 Å². The van der Waals surface area contributed by atoms with Gasteiger partial charge >= 0.3 is 0 Å². The van der Waals surface area contributed by atoms with Crippen LogP contribution in [0.1, 0.15) is 16.7 Å². The molecule has 7 nitrogen and oxygen atoms in total. The highest BCUT2D eigenvalue weighted by Gasteiger charge is 2.14. The van der Waals surface area contributed by atoms with Crippen molar-refractivity contribution < 1.29 is 13.2 Å². The minimum atomic E-state index is -3.69. The molecule has 0 aliphatic rings. The van der Waals surface area contributed by atoms with Crippen molar-refractivity contribution in [2.24, 2.45) is 5.14 Å². The molecular formula is C20H24N4O3S2. The summed E-state index contributed by atoms with van der Waals surface area (Å²) in [6.45, 7) is 4.77. The lowest BCUT2D eigenvalue weighted by molar-refractivity contribution is -0.119. The summed E-state index contributed by atoms with van der Waals surface area (Å²) in [5.41, 5.74) is 4.21. The molecule has 0 aliphatic carbocycles. The van der Waals surface area contributed by atoms with Crippen molar-refractivity contribution in [3.63, 3.8) is 0 Å². The summed E-state index contributed by atoms with van der Waals surface area (Å²) >= 11 is 1.59. The normalized spacial score (nSPS) is 11.6. The van der Waals surface area contributed by atoms with E-state index in [0.29, 0.717) is 13.0 Å². The maximum Gasteiger partial charge on any atom is 0.239 e. The van der Waals surface area contributed by atoms with Crippen molar-refractivity contribution >= 4 is 42.6 Å². The van der Waals surface area contributed by atoms with Crippen molar-refractivity contribution in [1.29, 1.82) is 0 Å². The molecule has 0 atom stereocenters. The average Bonchev–Trinajstić information content (AvgIpc) is 3.11. The maximum absolute atomic E-state index is 12.3. The Hall–Kier alpha value is -2.49. The van der Waals surface area contributed by atoms with Crippen molar-refractivity contribution in [3.05, 3.63) is 53.1 Å². The van der Waals surface area contributed by atoms with Gasteiger partial charge in [-0.2, -0.15) is 0 Å². The topological polar surface area (TPSA) is 105 Å². The Morgan fingerprint density at radius 1 is 1.14 bits per heavy atom. The van der Waals surface area contributed by atoms with E-state index in [1.165, 1.54) is 17.7 Å². The lowest BCUT2D eigenvalue weighted by Crippen LogP contribution is -2.36. The van der Waals surface area contributed by atoms with Crippen LogP contribution in [0.2, 0.25) is 0 Å². The molecular weight excluding hydrogens is 408 g/mol. The number of fused-ring (bicyclic) bond motifs is 1. The minimum absolute atomic E-state index is 0.0771. The zero-order chi connectivity index (χ0) is 21.2. The van der Waals surface area contributed by atoms with Gasteiger partial charge in [0.05, 0.1) is 21.7 Å². The summed E-state index contributed by atoms with van der Waals surface area (Å²) < 4.78 is 23.7. The number of carbonyl (C=O) groups excluding carboxylic acids is 1. The lowest BCUT2D eigenvalue weighted by Gasteiger charge is -2.15. The summed E-state index contributed by atoms with van der Waals surface area (Å²) in [6, 6.07) is 10.5. The molecule has 3 rings (SSSR count). The zero-order valence-electron chi connectivity index (χ0n) is 16.6. The lowest BCUT2D eigenvalue weighted by atomic mass is 10.1. The first kappa shape index (κ1) is 21.2. The van der Waals surface area contributed by atoms with E-state index in [1.54, 1.807) is 23.5 Å². The number of carbonyl (C=O) groups is 1. The first-order valence-corrected chi connectivity index (χ1v) is 11.5. The third-order valence-electron chi connectivity index (χ3n) is 4.63. The molecule has 0 spiro atoms. The predicted octanol–water partition coefficient (Wildman–Crippen LogP) is 2.36. The number of aromatic nitrogens is 1. The van der Waals surface area contributed by atoms with E-state index in [-0.39, 0.29) is 17.3 Å². The molecule has 0 fully saturated rings. The van der Waals surface area contributed by atoms with Gasteiger partial charge in [-0.05, 0) is 49.1 Å². The Balaban J connectivity index is 1.54. The first-order valence-electron chi connectivity index (χ1n) is 9.11. The number of benzene rings is 2. The predicted molar refractivity (Wildman–Crippen MR) is 117 cm³/mol. The molecule has 3 N–H and O–H groups in total. The number of anilines is 1. The number of likely N-dealkylation sites (N-methyl/N-ethyl adjacent to an activating group) is 1. The summed E-state index contributed by atoms with van der Waals surface area (Å²) in [4.78, 5) is 18.9. The number of nitrogens with zero attached hydrogens (tertiary/aromatic N) is 2. The number of nitrogens with two attached hydrogens (primary N) is 1. The van der Waals surface area contributed by atoms with Crippen molar-refractivity contribution in [2.45, 2.75) is 25.2 Å². The van der Waals surface area contributed by atoms with E-state index >= 15 is 0 Å². The van der Waals surface area contributed by atoms with E-state index in [0.717, 1.165) is 26.5 Å². The van der Waals surface area contributed by atoms with E-state index in [2.05, 4.69) is 29.4 Å². The molecule has 9 heteroatoms. The van der Waals surface area contributed by atoms with Gasteiger partial charge in [-0.3, -0.25) is 4.79 Å². The van der Waals surface area contributed by atoms with Crippen molar-refractivity contribution in [2.75, 3.05) is 25.0 Å². The molecule has 0 aliphatic heterocycles. The van der Waals surface area contributed by atoms with Crippen LogP contribution in [0, 0.1) is 13.8 Å². The highest BCUT2D eigenvalue weighted by Crippen LogP contribution is 2.32. The average molecular weight is 433 g/mol. The summed E-state index contributed by atoms with van der Waals surface area (Å²) in [6.07, 6.45) is 0.597. The standard InChI is InChI=1S/C20H24N4O3S2/c1-13-4-5-14(2)19-18(13)23-20(28-19)24(3)12-17(25)22-11-10-15-6-8-16(9-7-15)29(21,26)27/h4-9H,10-12H2,1-3H3,(H,22,25)(H2,21,26,27). The number of sulfonamides is 1. The van der Waals surface area contributed by atoms with Gasteiger partial charge in [-0.1, -0.05) is 35.6 Å². The zero-order valence-corrected chi connectivity index (χ0v) is 18.2. The van der Waals surface area contributed by atoms with Crippen LogP contribution in [0.25, 0.3) is 10.2 Å². The molecule has 0 saturated carbocycles. The van der Waals surface area contributed by atoms with Gasteiger partial charge in [-0.15, -0.1) is 0 Å². The van der Waals surface area contributed by atoms with E-state index in [9.17, 15) is 13.2 Å². The smallest absolute Gasteiger partial charge is 0.239 e. The third kappa shape index (κ3) is 5.11. The van der Waals surface area contributed by atoms with Gasteiger partial charge in [0, 0.05) is 13.6 Å². The van der Waals surface area contributed by atoms with Crippen LogP contribution in [0.4, 0.5) is 5.13 Å². The van der Waals surface area contributed by atoms with Crippen LogP contribution >= 0.6 is 11.3 Å². The van der Waals surface area contributed by atoms with E-state index in [4.69, 9.17) is 5.14 Å². The minimum Gasteiger partial charge on any atom is -0.354 e. The first-order chi connectivity index (χ1) is 13.6. The Bertz CT molecular complexity index is 1100. The van der Waals surface area contributed by atoms with Crippen molar-refractivity contribution in [3.8, 4) is 0 Å². The van der Waals surface area contributed by atoms with Crippen LogP contribution in [-0.4, -0.2) is 39.4 Å². The Morgan fingerprint density at radius 3 is 2.41 bits per heavy atom. The van der Waals surface area contributed by atoms with Crippen LogP contribution in [0.15, 0.2) is 41.3 Å². The highest BCUT2D eigenvalue weighted by molar-refractivity contribution is 7.89. The molecule has 2 aromatic carbocycles. The largest absolute Gasteiger partial charge is 0.354 e. The molecule has 0 unspecified atom stereocenters. The van der Waals surface area contributed by atoms with Gasteiger partial charge in [0.25, 0.3) is 0 Å². The number of thiazole rings is 1. The molecule has 1 heterocycles. The number of aryl methyl sites for hydroxylation is 2. The van der Waals surface area contributed by atoms with Gasteiger partial charge in [0.2, 0.25) is 15.9 Å². The number of rotatable bonds is 7. The highest BCUT2D eigenvalue weighted by atomic mass is 32.2. The Morgan fingerprint density at radius 2 is 1.79 bits per heavy atom. The molecule has 0 radical (unpaired) electrons. The molecule has 3 aromatic rings. The Kier molecular flexibility index (Phi) is 6.21. The SMILES string of the molecule is Cc1ccc(C)c2sc(N(C)CC(=O)NCCc3ccc(S(N)(=O)=O)cc3)nc12. The number of nitrogens with one attached hydrogen (secondary N) is 1. The van der Waals surface area contributed by atoms with Crippen LogP contribution in [0.3, 0.4) is 0 Å². The fourth-order valence-electron chi connectivity index (χ4n) is 2.94. The second-order valence-corrected chi connectivity index (χ2v) is 9.56. The second kappa shape index (κ2) is 8.48. The Labute approximate surface area is 174 Å². The molecule has 0 bridgehead atoms. The molecule has 0 saturated heterocycles. The summed E-state index contributed by atoms with van der Waals surface area (Å²) in [5.74, 6) is -0.0960. The van der Waals surface area contributed by atoms with Crippen molar-refractivity contribution in [1.82, 2.24) is 10.3 Å². The number of primary sulfonamides is 1. The van der Waals surface area contributed by atoms with Crippen LogP contribution in [0.5, 0.6) is 0 Å². The maximum atomic E-state index is 12.3.